The molecule has 0 saturated carbocycles. The zero-order valence-electron chi connectivity index (χ0n) is 20.5. The Kier molecular flexibility index (Phi) is 8.21. The monoisotopic (exact) mass is 492 g/mol. The summed E-state index contributed by atoms with van der Waals surface area (Å²) in [6.07, 6.45) is 1.49. The van der Waals surface area contributed by atoms with Gasteiger partial charge in [-0.15, -0.1) is 11.3 Å². The largest absolute Gasteiger partial charge is 0.497 e. The number of amides is 2. The Balaban J connectivity index is 1.59. The van der Waals surface area contributed by atoms with Gasteiger partial charge in [0.15, 0.2) is 0 Å². The fourth-order valence-corrected chi connectivity index (χ4v) is 5.42. The van der Waals surface area contributed by atoms with Gasteiger partial charge in [0.25, 0.3) is 5.91 Å². The number of ether oxygens (including phenoxy) is 2. The molecule has 1 atom stereocenters. The predicted molar refractivity (Wildman–Crippen MR) is 138 cm³/mol. The summed E-state index contributed by atoms with van der Waals surface area (Å²) in [6, 6.07) is 17.3. The summed E-state index contributed by atoms with van der Waals surface area (Å²) < 4.78 is 10.5. The molecule has 0 saturated heterocycles. The molecule has 3 aromatic rings. The van der Waals surface area contributed by atoms with Crippen LogP contribution in [0.25, 0.3) is 0 Å². The maximum atomic E-state index is 13.7. The quantitative estimate of drug-likeness (QED) is 0.406. The van der Waals surface area contributed by atoms with Gasteiger partial charge in [0.2, 0.25) is 5.91 Å². The third-order valence-corrected chi connectivity index (χ3v) is 7.40. The molecule has 1 unspecified atom stereocenters. The van der Waals surface area contributed by atoms with Crippen LogP contribution in [0, 0.1) is 6.92 Å². The van der Waals surface area contributed by atoms with Crippen LogP contribution in [0.5, 0.6) is 5.75 Å². The van der Waals surface area contributed by atoms with Crippen LogP contribution < -0.4 is 4.74 Å². The molecule has 2 heterocycles. The molecule has 2 aromatic carbocycles. The van der Waals surface area contributed by atoms with Crippen LogP contribution in [0.15, 0.2) is 60.0 Å². The highest BCUT2D eigenvalue weighted by Crippen LogP contribution is 2.38. The smallest absolute Gasteiger partial charge is 0.254 e. The van der Waals surface area contributed by atoms with Crippen LogP contribution in [-0.2, 0) is 16.0 Å². The van der Waals surface area contributed by atoms with Crippen LogP contribution in [0.2, 0.25) is 0 Å². The van der Waals surface area contributed by atoms with Gasteiger partial charge in [0, 0.05) is 37.2 Å². The van der Waals surface area contributed by atoms with Crippen LogP contribution in [-0.4, -0.2) is 62.1 Å². The second-order valence-corrected chi connectivity index (χ2v) is 9.75. The molecule has 0 radical (unpaired) electrons. The van der Waals surface area contributed by atoms with E-state index < -0.39 is 0 Å². The fourth-order valence-electron chi connectivity index (χ4n) is 4.52. The molecule has 7 heteroatoms. The topological polar surface area (TPSA) is 59.1 Å². The number of hydrogen-bond acceptors (Lipinski definition) is 5. The van der Waals surface area contributed by atoms with Crippen LogP contribution in [0.1, 0.15) is 44.4 Å². The van der Waals surface area contributed by atoms with Crippen molar-refractivity contribution in [1.82, 2.24) is 9.80 Å². The summed E-state index contributed by atoms with van der Waals surface area (Å²) in [5.74, 6) is 0.588. The van der Waals surface area contributed by atoms with Crippen molar-refractivity contribution in [3.8, 4) is 5.75 Å². The van der Waals surface area contributed by atoms with Crippen molar-refractivity contribution in [2.75, 3.05) is 40.5 Å². The van der Waals surface area contributed by atoms with Crippen molar-refractivity contribution < 1.29 is 19.1 Å². The number of nitrogens with zero attached hydrogens (tertiary/aromatic N) is 2. The number of benzene rings is 2. The molecule has 4 rings (SSSR count). The lowest BCUT2D eigenvalue weighted by Crippen LogP contribution is -2.47. The number of methoxy groups -OCH3 is 2. The number of carbonyl (C=O) groups excluding carboxylic acids is 2. The second kappa shape index (κ2) is 11.5. The molecule has 0 fully saturated rings. The molecule has 1 aromatic heterocycles. The molecule has 6 nitrogen and oxygen atoms in total. The molecule has 2 amide bonds. The molecule has 0 bridgehead atoms. The van der Waals surface area contributed by atoms with Crippen molar-refractivity contribution in [1.29, 1.82) is 0 Å². The number of aryl methyl sites for hydroxylation is 1. The Bertz CT molecular complexity index is 1140. The van der Waals surface area contributed by atoms with Gasteiger partial charge in [-0.25, -0.2) is 0 Å². The molecule has 0 N–H and O–H groups in total. The lowest BCUT2D eigenvalue weighted by atomic mass is 9.93. The summed E-state index contributed by atoms with van der Waals surface area (Å²) in [5.41, 5.74) is 3.88. The molecule has 0 spiro atoms. The van der Waals surface area contributed by atoms with E-state index in [0.717, 1.165) is 28.9 Å². The average molecular weight is 493 g/mol. The Morgan fingerprint density at radius 1 is 1.06 bits per heavy atom. The van der Waals surface area contributed by atoms with E-state index in [0.29, 0.717) is 31.7 Å². The minimum Gasteiger partial charge on any atom is -0.497 e. The Morgan fingerprint density at radius 2 is 1.80 bits per heavy atom. The van der Waals surface area contributed by atoms with Crippen LogP contribution in [0.3, 0.4) is 0 Å². The number of fused-ring (bicyclic) bond motifs is 1. The summed E-state index contributed by atoms with van der Waals surface area (Å²) in [7, 11) is 3.29. The van der Waals surface area contributed by atoms with Crippen molar-refractivity contribution in [2.45, 2.75) is 25.8 Å². The Hall–Kier alpha value is -3.16. The van der Waals surface area contributed by atoms with Gasteiger partial charge < -0.3 is 19.3 Å². The summed E-state index contributed by atoms with van der Waals surface area (Å²) in [4.78, 5) is 32.0. The lowest BCUT2D eigenvalue weighted by molar-refractivity contribution is -0.134. The van der Waals surface area contributed by atoms with E-state index in [9.17, 15) is 9.59 Å². The predicted octanol–water partition coefficient (Wildman–Crippen LogP) is 4.72. The summed E-state index contributed by atoms with van der Waals surface area (Å²) in [5, 5.41) is 2.09. The maximum Gasteiger partial charge on any atom is 0.254 e. The first-order chi connectivity index (χ1) is 17.0. The SMILES string of the molecule is COCCCN(CC(=O)N1CCc2sccc2C1c1ccc(OC)cc1)C(=O)c1ccc(C)cc1. The molecule has 1 aliphatic heterocycles. The standard InChI is InChI=1S/C28H32N2O4S/c1-20-5-7-22(8-6-20)28(32)29(15-4-17-33-2)19-26(31)30-16-13-25-24(14-18-35-25)27(30)21-9-11-23(34-3)12-10-21/h5-12,14,18,27H,4,13,15-17,19H2,1-3H3. The Morgan fingerprint density at radius 3 is 2.49 bits per heavy atom. The normalized spacial score (nSPS) is 14.9. The lowest BCUT2D eigenvalue weighted by Gasteiger charge is -2.37. The minimum absolute atomic E-state index is 0.0303. The summed E-state index contributed by atoms with van der Waals surface area (Å²) >= 11 is 1.73. The third-order valence-electron chi connectivity index (χ3n) is 6.41. The second-order valence-electron chi connectivity index (χ2n) is 8.75. The molecule has 184 valence electrons. The summed E-state index contributed by atoms with van der Waals surface area (Å²) in [6.45, 7) is 3.62. The van der Waals surface area contributed by atoms with Crippen LogP contribution >= 0.6 is 11.3 Å². The van der Waals surface area contributed by atoms with E-state index in [4.69, 9.17) is 9.47 Å². The molecule has 1 aliphatic rings. The van der Waals surface area contributed by atoms with Gasteiger partial charge in [0.05, 0.1) is 13.2 Å². The van der Waals surface area contributed by atoms with E-state index in [1.165, 1.54) is 4.88 Å². The van der Waals surface area contributed by atoms with Gasteiger partial charge in [-0.2, -0.15) is 0 Å². The first-order valence-electron chi connectivity index (χ1n) is 11.9. The van der Waals surface area contributed by atoms with Crippen molar-refractivity contribution >= 4 is 23.2 Å². The van der Waals surface area contributed by atoms with Crippen LogP contribution in [0.4, 0.5) is 0 Å². The van der Waals surface area contributed by atoms with Crippen molar-refractivity contribution in [3.05, 3.63) is 87.1 Å². The maximum absolute atomic E-state index is 13.7. The molecular weight excluding hydrogens is 460 g/mol. The van der Waals surface area contributed by atoms with E-state index in [-0.39, 0.29) is 24.4 Å². The van der Waals surface area contributed by atoms with Crippen molar-refractivity contribution in [2.24, 2.45) is 0 Å². The van der Waals surface area contributed by atoms with E-state index in [1.54, 1.807) is 30.5 Å². The van der Waals surface area contributed by atoms with Gasteiger partial charge in [-0.3, -0.25) is 9.59 Å². The van der Waals surface area contributed by atoms with E-state index >= 15 is 0 Å². The molecular formula is C28H32N2O4S. The number of carbonyl (C=O) groups is 2. The minimum atomic E-state index is -0.182. The number of rotatable bonds is 9. The first-order valence-corrected chi connectivity index (χ1v) is 12.7. The number of hydrogen-bond donors (Lipinski definition) is 0. The highest BCUT2D eigenvalue weighted by molar-refractivity contribution is 7.10. The third kappa shape index (κ3) is 5.74. The average Bonchev–Trinajstić information content (AvgIpc) is 3.37. The fraction of sp³-hybridized carbons (Fsp3) is 0.357. The van der Waals surface area contributed by atoms with Gasteiger partial charge in [0.1, 0.15) is 12.3 Å². The zero-order valence-corrected chi connectivity index (χ0v) is 21.3. The molecule has 0 aliphatic carbocycles. The van der Waals surface area contributed by atoms with Crippen molar-refractivity contribution in [3.63, 3.8) is 0 Å². The van der Waals surface area contributed by atoms with E-state index in [1.807, 2.05) is 60.4 Å². The Labute approximate surface area is 211 Å². The molecule has 35 heavy (non-hydrogen) atoms. The highest BCUT2D eigenvalue weighted by Gasteiger charge is 2.34. The van der Waals surface area contributed by atoms with Gasteiger partial charge >= 0.3 is 0 Å². The first kappa shape index (κ1) is 24.9. The van der Waals surface area contributed by atoms with E-state index in [2.05, 4.69) is 11.4 Å². The van der Waals surface area contributed by atoms with Gasteiger partial charge in [-0.1, -0.05) is 29.8 Å². The van der Waals surface area contributed by atoms with Gasteiger partial charge in [-0.05, 0) is 66.6 Å². The number of thiophene rings is 1. The highest BCUT2D eigenvalue weighted by atomic mass is 32.1. The zero-order chi connectivity index (χ0) is 24.8.